The molecular weight excluding hydrogens is 382 g/mol. The number of hydrogen-bond acceptors (Lipinski definition) is 3. The zero-order valence-corrected chi connectivity index (χ0v) is 20.7. The summed E-state index contributed by atoms with van der Waals surface area (Å²) in [5.41, 5.74) is -0.145. The maximum absolute atomic E-state index is 12.6. The molecule has 4 aliphatic carbocycles. The van der Waals surface area contributed by atoms with Crippen LogP contribution in [0.3, 0.4) is 0 Å². The van der Waals surface area contributed by atoms with Crippen LogP contribution in [-0.4, -0.2) is 29.6 Å². The van der Waals surface area contributed by atoms with Gasteiger partial charge in [0.2, 0.25) is 0 Å². The predicted octanol–water partition coefficient (Wildman–Crippen LogP) is 6.28. The van der Waals surface area contributed by atoms with Crippen molar-refractivity contribution >= 4 is 5.78 Å². The van der Waals surface area contributed by atoms with Crippen molar-refractivity contribution < 1.29 is 9.90 Å². The minimum atomic E-state index is -0.508. The van der Waals surface area contributed by atoms with Crippen molar-refractivity contribution in [1.29, 1.82) is 0 Å². The second-order valence-corrected chi connectivity index (χ2v) is 12.4. The molecule has 0 aromatic rings. The summed E-state index contributed by atoms with van der Waals surface area (Å²) in [6, 6.07) is 0. The first kappa shape index (κ1) is 23.7. The number of carbonyl (C=O) groups excluding carboxylic acids is 1. The fourth-order valence-electron chi connectivity index (χ4n) is 8.61. The molecule has 7 atom stereocenters. The first-order valence-electron chi connectivity index (χ1n) is 13.8. The van der Waals surface area contributed by atoms with Crippen molar-refractivity contribution in [2.75, 3.05) is 13.1 Å². The van der Waals surface area contributed by atoms with Crippen LogP contribution in [-0.2, 0) is 4.79 Å². The van der Waals surface area contributed by atoms with Gasteiger partial charge in [0.05, 0.1) is 5.60 Å². The standard InChI is InChI=1S/C28H49NO2/c1-4-5-6-7-8-9-18-29-20-28(31)17-16-26(2)21(19-28)10-11-22-23-12-13-25(30)27(23,3)15-14-24(22)26/h21-24,29,31H,4-20H2,1-3H3/t21-,22-,23-,24-,26-,27-,28+/m0/s1. The zero-order chi connectivity index (χ0) is 22.1. The van der Waals surface area contributed by atoms with Gasteiger partial charge in [0, 0.05) is 18.4 Å². The van der Waals surface area contributed by atoms with Gasteiger partial charge >= 0.3 is 0 Å². The number of aliphatic hydroxyl groups is 1. The molecule has 0 spiro atoms. The van der Waals surface area contributed by atoms with Crippen LogP contribution in [0, 0.1) is 34.5 Å². The number of fused-ring (bicyclic) bond motifs is 5. The largest absolute Gasteiger partial charge is 0.389 e. The van der Waals surface area contributed by atoms with E-state index in [-0.39, 0.29) is 5.41 Å². The van der Waals surface area contributed by atoms with Crippen LogP contribution >= 0.6 is 0 Å². The summed E-state index contributed by atoms with van der Waals surface area (Å²) in [4.78, 5) is 12.6. The molecule has 4 saturated carbocycles. The smallest absolute Gasteiger partial charge is 0.139 e. The highest BCUT2D eigenvalue weighted by Crippen LogP contribution is 2.66. The third-order valence-electron chi connectivity index (χ3n) is 10.7. The van der Waals surface area contributed by atoms with Gasteiger partial charge in [-0.1, -0.05) is 52.9 Å². The van der Waals surface area contributed by atoms with Gasteiger partial charge < -0.3 is 10.4 Å². The van der Waals surface area contributed by atoms with E-state index < -0.39 is 5.60 Å². The molecule has 2 N–H and O–H groups in total. The molecule has 178 valence electrons. The average Bonchev–Trinajstić information content (AvgIpc) is 3.05. The lowest BCUT2D eigenvalue weighted by Gasteiger charge is -2.61. The van der Waals surface area contributed by atoms with Crippen LogP contribution < -0.4 is 5.32 Å². The Bertz CT molecular complexity index is 635. The fourth-order valence-corrected chi connectivity index (χ4v) is 8.61. The molecule has 4 rings (SSSR count). The lowest BCUT2D eigenvalue weighted by Crippen LogP contribution is -2.57. The maximum atomic E-state index is 12.6. The number of rotatable bonds is 9. The van der Waals surface area contributed by atoms with Gasteiger partial charge in [-0.25, -0.2) is 0 Å². The van der Waals surface area contributed by atoms with Crippen LogP contribution in [0.5, 0.6) is 0 Å². The molecular formula is C28H49NO2. The number of carbonyl (C=O) groups is 1. The number of ketones is 1. The Morgan fingerprint density at radius 2 is 1.71 bits per heavy atom. The highest BCUT2D eigenvalue weighted by molar-refractivity contribution is 5.87. The molecule has 0 bridgehead atoms. The Morgan fingerprint density at radius 3 is 2.52 bits per heavy atom. The first-order valence-corrected chi connectivity index (χ1v) is 13.8. The summed E-state index contributed by atoms with van der Waals surface area (Å²) < 4.78 is 0. The van der Waals surface area contributed by atoms with Gasteiger partial charge in [-0.3, -0.25) is 4.79 Å². The van der Waals surface area contributed by atoms with E-state index in [2.05, 4.69) is 26.1 Å². The molecule has 0 saturated heterocycles. The molecule has 4 fully saturated rings. The van der Waals surface area contributed by atoms with E-state index in [1.165, 1.54) is 64.2 Å². The summed E-state index contributed by atoms with van der Waals surface area (Å²) in [6.45, 7) is 8.93. The van der Waals surface area contributed by atoms with E-state index in [1.807, 2.05) is 0 Å². The van der Waals surface area contributed by atoms with E-state index in [0.29, 0.717) is 23.0 Å². The molecule has 0 heterocycles. The minimum Gasteiger partial charge on any atom is -0.389 e. The summed E-state index contributed by atoms with van der Waals surface area (Å²) in [7, 11) is 0. The lowest BCUT2D eigenvalue weighted by atomic mass is 9.44. The SMILES string of the molecule is CCCCCCCCNC[C@@]1(O)CC[C@@]2(C)[C@@H](CC[C@@H]3[C@@H]2CC[C@]2(C)C(=O)CC[C@@H]32)C1. The van der Waals surface area contributed by atoms with Crippen LogP contribution in [0.1, 0.15) is 117 Å². The van der Waals surface area contributed by atoms with Crippen LogP contribution in [0.15, 0.2) is 0 Å². The zero-order valence-electron chi connectivity index (χ0n) is 20.7. The molecule has 0 unspecified atom stereocenters. The molecule has 4 aliphatic rings. The number of hydrogen-bond donors (Lipinski definition) is 2. The maximum Gasteiger partial charge on any atom is 0.139 e. The summed E-state index contributed by atoms with van der Waals surface area (Å²) in [5.74, 6) is 3.37. The molecule has 0 aromatic carbocycles. The average molecular weight is 432 g/mol. The lowest BCUT2D eigenvalue weighted by molar-refractivity contribution is -0.153. The second-order valence-electron chi connectivity index (χ2n) is 12.4. The Morgan fingerprint density at radius 1 is 0.935 bits per heavy atom. The van der Waals surface area contributed by atoms with Gasteiger partial charge in [0.1, 0.15) is 5.78 Å². The molecule has 0 aliphatic heterocycles. The molecule has 0 amide bonds. The van der Waals surface area contributed by atoms with Crippen LogP contribution in [0.2, 0.25) is 0 Å². The fraction of sp³-hybridized carbons (Fsp3) is 0.964. The van der Waals surface area contributed by atoms with Crippen molar-refractivity contribution in [2.45, 2.75) is 123 Å². The summed E-state index contributed by atoms with van der Waals surface area (Å²) in [5, 5.41) is 15.0. The number of nitrogens with one attached hydrogen (secondary N) is 1. The summed E-state index contributed by atoms with van der Waals surface area (Å²) >= 11 is 0. The third-order valence-corrected chi connectivity index (χ3v) is 10.7. The van der Waals surface area contributed by atoms with Crippen LogP contribution in [0.25, 0.3) is 0 Å². The number of unbranched alkanes of at least 4 members (excludes halogenated alkanes) is 5. The second kappa shape index (κ2) is 9.45. The van der Waals surface area contributed by atoms with E-state index >= 15 is 0 Å². The first-order chi connectivity index (χ1) is 14.8. The predicted molar refractivity (Wildman–Crippen MR) is 128 cm³/mol. The quantitative estimate of drug-likeness (QED) is 0.422. The Hall–Kier alpha value is -0.410. The van der Waals surface area contributed by atoms with E-state index in [9.17, 15) is 9.90 Å². The third kappa shape index (κ3) is 4.52. The monoisotopic (exact) mass is 431 g/mol. The molecule has 3 nitrogen and oxygen atoms in total. The van der Waals surface area contributed by atoms with E-state index in [0.717, 1.165) is 57.0 Å². The highest BCUT2D eigenvalue weighted by Gasteiger charge is 2.61. The summed E-state index contributed by atoms with van der Waals surface area (Å²) in [6.07, 6.45) is 17.9. The number of Topliss-reactive ketones (excluding diaryl/α,β-unsaturated/α-hetero) is 1. The Kier molecular flexibility index (Phi) is 7.24. The van der Waals surface area contributed by atoms with E-state index in [1.54, 1.807) is 0 Å². The normalized spacial score (nSPS) is 44.6. The van der Waals surface area contributed by atoms with Gasteiger partial charge in [0.15, 0.2) is 0 Å². The van der Waals surface area contributed by atoms with E-state index in [4.69, 9.17) is 0 Å². The van der Waals surface area contributed by atoms with Gasteiger partial charge in [0.25, 0.3) is 0 Å². The molecule has 0 aromatic heterocycles. The van der Waals surface area contributed by atoms with Crippen molar-refractivity contribution in [3.8, 4) is 0 Å². The van der Waals surface area contributed by atoms with Crippen LogP contribution in [0.4, 0.5) is 0 Å². The minimum absolute atomic E-state index is 0.0137. The van der Waals surface area contributed by atoms with Crippen molar-refractivity contribution in [3.63, 3.8) is 0 Å². The molecule has 0 radical (unpaired) electrons. The van der Waals surface area contributed by atoms with Crippen molar-refractivity contribution in [1.82, 2.24) is 5.32 Å². The Labute approximate surface area is 191 Å². The van der Waals surface area contributed by atoms with Gasteiger partial charge in [-0.05, 0) is 93.4 Å². The van der Waals surface area contributed by atoms with Gasteiger partial charge in [-0.2, -0.15) is 0 Å². The van der Waals surface area contributed by atoms with Gasteiger partial charge in [-0.15, -0.1) is 0 Å². The molecule has 3 heteroatoms. The Balaban J connectivity index is 1.29. The topological polar surface area (TPSA) is 49.3 Å². The van der Waals surface area contributed by atoms with Crippen molar-refractivity contribution in [2.24, 2.45) is 34.5 Å². The molecule has 31 heavy (non-hydrogen) atoms. The highest BCUT2D eigenvalue weighted by atomic mass is 16.3. The van der Waals surface area contributed by atoms with Crippen molar-refractivity contribution in [3.05, 3.63) is 0 Å².